The van der Waals surface area contributed by atoms with E-state index in [0.29, 0.717) is 22.6 Å². The number of alkyl halides is 3. The molecular weight excluding hydrogens is 628 g/mol. The molecule has 0 fully saturated rings. The highest BCUT2D eigenvalue weighted by molar-refractivity contribution is 8.02. The Morgan fingerprint density at radius 2 is 1.51 bits per heavy atom. The van der Waals surface area contributed by atoms with E-state index < -0.39 is 43.2 Å². The van der Waals surface area contributed by atoms with Crippen LogP contribution in [0.25, 0.3) is 16.9 Å². The van der Waals surface area contributed by atoms with E-state index in [2.05, 4.69) is 9.23 Å². The number of non-ortho nitro benzene ring substituents is 1. The third-order valence-corrected chi connectivity index (χ3v) is 10.3. The van der Waals surface area contributed by atoms with Crippen molar-refractivity contribution >= 4 is 26.6 Å². The fourth-order valence-corrected chi connectivity index (χ4v) is 8.26. The lowest BCUT2D eigenvalue weighted by atomic mass is 9.82. The molecule has 3 aromatic carbocycles. The van der Waals surface area contributed by atoms with Crippen LogP contribution in [0.1, 0.15) is 52.3 Å². The van der Waals surface area contributed by atoms with Gasteiger partial charge in [0.15, 0.2) is 5.69 Å². The number of sulfonamides is 1. The zero-order chi connectivity index (χ0) is 33.4. The van der Waals surface area contributed by atoms with Crippen molar-refractivity contribution in [3.8, 4) is 16.9 Å². The summed E-state index contributed by atoms with van der Waals surface area (Å²) in [6.45, 7) is 11.8. The Balaban J connectivity index is 1.78. The Kier molecular flexibility index (Phi) is 9.44. The molecule has 0 spiro atoms. The first kappa shape index (κ1) is 34.0. The van der Waals surface area contributed by atoms with Crippen molar-refractivity contribution in [1.82, 2.24) is 13.9 Å². The van der Waals surface area contributed by atoms with Gasteiger partial charge in [0, 0.05) is 33.5 Å². The number of nitrogens with one attached hydrogen (secondary N) is 1. The second kappa shape index (κ2) is 12.5. The molecule has 1 atom stereocenters. The first-order valence-corrected chi connectivity index (χ1v) is 16.5. The SMILES string of the molecule is Cc1ccc(-c2cc(C(F)(F)F)nn2-c2ccc(S(=NC(C)(C)CC(C)(C)C)NS(=O)(=O)c3ccc([N+](=O)[O-])cc3)cc2)cc1. The highest BCUT2D eigenvalue weighted by Gasteiger charge is 2.35. The molecule has 0 amide bonds. The molecule has 9 nitrogen and oxygen atoms in total. The van der Waals surface area contributed by atoms with Gasteiger partial charge in [-0.05, 0) is 75.1 Å². The molecule has 0 radical (unpaired) electrons. The highest BCUT2D eigenvalue weighted by Crippen LogP contribution is 2.34. The molecule has 4 rings (SSSR count). The van der Waals surface area contributed by atoms with E-state index >= 15 is 0 Å². The lowest BCUT2D eigenvalue weighted by molar-refractivity contribution is -0.384. The van der Waals surface area contributed by atoms with E-state index in [-0.39, 0.29) is 21.7 Å². The standard InChI is InChI=1S/C31H34F3N5O4S2/c1-21-7-9-22(10-8-21)27-19-28(31(32,33)34)35-38(27)23-11-15-25(16-12-23)44(36-30(5,6)20-29(2,3)4)37-45(42,43)26-17-13-24(14-18-26)39(40)41/h7-19H,20H2,1-6H3,(H,36,37). The van der Waals surface area contributed by atoms with Gasteiger partial charge in [0.1, 0.15) is 0 Å². The number of halogens is 3. The van der Waals surface area contributed by atoms with E-state index in [4.69, 9.17) is 4.36 Å². The highest BCUT2D eigenvalue weighted by atomic mass is 32.3. The van der Waals surface area contributed by atoms with Gasteiger partial charge in [0.2, 0.25) is 0 Å². The van der Waals surface area contributed by atoms with Crippen molar-refractivity contribution < 1.29 is 26.5 Å². The van der Waals surface area contributed by atoms with Gasteiger partial charge in [-0.1, -0.05) is 50.6 Å². The van der Waals surface area contributed by atoms with Gasteiger partial charge in [0.25, 0.3) is 15.7 Å². The number of aromatic nitrogens is 2. The molecule has 1 N–H and O–H groups in total. The van der Waals surface area contributed by atoms with Gasteiger partial charge in [-0.15, -0.1) is 4.13 Å². The van der Waals surface area contributed by atoms with E-state index in [1.165, 1.54) is 4.68 Å². The maximum absolute atomic E-state index is 13.7. The Hall–Kier alpha value is -3.88. The Bertz CT molecular complexity index is 1830. The first-order valence-electron chi connectivity index (χ1n) is 13.8. The fraction of sp³-hybridized carbons (Fsp3) is 0.323. The van der Waals surface area contributed by atoms with Crippen LogP contribution in [0.3, 0.4) is 0 Å². The van der Waals surface area contributed by atoms with Crippen molar-refractivity contribution in [1.29, 1.82) is 0 Å². The van der Waals surface area contributed by atoms with E-state index in [1.54, 1.807) is 48.5 Å². The number of rotatable bonds is 9. The average Bonchev–Trinajstić information content (AvgIpc) is 3.38. The van der Waals surface area contributed by atoms with Crippen LogP contribution in [-0.2, 0) is 27.1 Å². The minimum atomic E-state index is -4.66. The monoisotopic (exact) mass is 661 g/mol. The summed E-state index contributed by atoms with van der Waals surface area (Å²) in [4.78, 5) is 10.7. The predicted octanol–water partition coefficient (Wildman–Crippen LogP) is 8.04. The molecule has 45 heavy (non-hydrogen) atoms. The van der Waals surface area contributed by atoms with Gasteiger partial charge in [-0.25, -0.2) is 17.5 Å². The van der Waals surface area contributed by atoms with Crippen molar-refractivity contribution in [3.63, 3.8) is 0 Å². The molecule has 4 aromatic rings. The lowest BCUT2D eigenvalue weighted by Gasteiger charge is -2.30. The van der Waals surface area contributed by atoms with Crippen LogP contribution in [-0.4, -0.2) is 28.7 Å². The van der Waals surface area contributed by atoms with E-state index in [9.17, 15) is 31.7 Å². The van der Waals surface area contributed by atoms with Crippen LogP contribution >= 0.6 is 0 Å². The van der Waals surface area contributed by atoms with Gasteiger partial charge < -0.3 is 0 Å². The van der Waals surface area contributed by atoms with Gasteiger partial charge in [0.05, 0.1) is 26.7 Å². The number of nitro benzene ring substituents is 1. The number of hydrogen-bond donors (Lipinski definition) is 1. The number of benzene rings is 3. The normalized spacial score (nSPS) is 13.6. The van der Waals surface area contributed by atoms with Crippen LogP contribution in [0.4, 0.5) is 18.9 Å². The van der Waals surface area contributed by atoms with Crippen molar-refractivity contribution in [2.24, 2.45) is 9.78 Å². The smallest absolute Gasteiger partial charge is 0.258 e. The molecule has 0 aliphatic heterocycles. The third-order valence-electron chi connectivity index (χ3n) is 6.50. The zero-order valence-electron chi connectivity index (χ0n) is 25.6. The molecule has 240 valence electrons. The van der Waals surface area contributed by atoms with Crippen molar-refractivity contribution in [2.45, 2.75) is 69.5 Å². The molecule has 0 aliphatic carbocycles. The fourth-order valence-electron chi connectivity index (χ4n) is 4.96. The quantitative estimate of drug-likeness (QED) is 0.144. The zero-order valence-corrected chi connectivity index (χ0v) is 27.2. The van der Waals surface area contributed by atoms with Crippen LogP contribution in [0, 0.1) is 22.5 Å². The molecular formula is C31H34F3N5O4S2. The van der Waals surface area contributed by atoms with Crippen LogP contribution in [0.2, 0.25) is 0 Å². The number of hydrogen-bond acceptors (Lipinski definition) is 6. The van der Waals surface area contributed by atoms with Gasteiger partial charge in [-0.3, -0.25) is 10.1 Å². The molecule has 0 saturated carbocycles. The summed E-state index contributed by atoms with van der Waals surface area (Å²) in [6.07, 6.45) is -4.04. The molecule has 14 heteroatoms. The van der Waals surface area contributed by atoms with Crippen molar-refractivity contribution in [2.75, 3.05) is 0 Å². The third kappa shape index (κ3) is 8.65. The Morgan fingerprint density at radius 1 is 0.933 bits per heavy atom. The van der Waals surface area contributed by atoms with Crippen LogP contribution in [0.5, 0.6) is 0 Å². The Labute approximate surface area is 262 Å². The molecule has 0 bridgehead atoms. The summed E-state index contributed by atoms with van der Waals surface area (Å²) in [5.41, 5.74) is -0.0433. The van der Waals surface area contributed by atoms with E-state index in [1.807, 2.05) is 41.5 Å². The average molecular weight is 662 g/mol. The molecule has 1 heterocycles. The summed E-state index contributed by atoms with van der Waals surface area (Å²) < 4.78 is 76.7. The Morgan fingerprint density at radius 3 is 2.02 bits per heavy atom. The number of nitro groups is 1. The van der Waals surface area contributed by atoms with Gasteiger partial charge in [-0.2, -0.15) is 18.3 Å². The molecule has 1 unspecified atom stereocenters. The van der Waals surface area contributed by atoms with E-state index in [0.717, 1.165) is 35.9 Å². The maximum atomic E-state index is 13.7. The minimum Gasteiger partial charge on any atom is -0.258 e. The van der Waals surface area contributed by atoms with Crippen LogP contribution < -0.4 is 4.13 Å². The number of aryl methyl sites for hydroxylation is 1. The summed E-state index contributed by atoms with van der Waals surface area (Å²) in [6, 6.07) is 18.9. The molecule has 0 saturated heterocycles. The minimum absolute atomic E-state index is 0.133. The second-order valence-electron chi connectivity index (χ2n) is 12.4. The summed E-state index contributed by atoms with van der Waals surface area (Å²) in [7, 11) is -5.63. The maximum Gasteiger partial charge on any atom is 0.435 e. The first-order chi connectivity index (χ1) is 20.7. The summed E-state index contributed by atoms with van der Waals surface area (Å²) >= 11 is 0. The van der Waals surface area contributed by atoms with Crippen LogP contribution in [0.15, 0.2) is 93.0 Å². The summed E-state index contributed by atoms with van der Waals surface area (Å²) in [5, 5.41) is 14.9. The second-order valence-corrected chi connectivity index (χ2v) is 15.8. The number of nitrogens with zero attached hydrogens (tertiary/aromatic N) is 4. The predicted molar refractivity (Wildman–Crippen MR) is 168 cm³/mol. The largest absolute Gasteiger partial charge is 0.435 e. The van der Waals surface area contributed by atoms with Crippen molar-refractivity contribution in [3.05, 3.63) is 100 Å². The van der Waals surface area contributed by atoms with Gasteiger partial charge >= 0.3 is 6.18 Å². The lowest BCUT2D eigenvalue weighted by Crippen LogP contribution is -2.31. The molecule has 1 aromatic heterocycles. The topological polar surface area (TPSA) is 119 Å². The molecule has 0 aliphatic rings. The summed E-state index contributed by atoms with van der Waals surface area (Å²) in [5.74, 6) is 0.